The summed E-state index contributed by atoms with van der Waals surface area (Å²) in [5, 5.41) is 8.88. The van der Waals surface area contributed by atoms with Crippen molar-refractivity contribution in [3.8, 4) is 0 Å². The number of rotatable bonds is 5. The summed E-state index contributed by atoms with van der Waals surface area (Å²) in [5.74, 6) is 0.146. The average molecular weight is 249 g/mol. The van der Waals surface area contributed by atoms with Crippen molar-refractivity contribution < 1.29 is 14.6 Å². The van der Waals surface area contributed by atoms with E-state index in [1.165, 1.54) is 6.20 Å². The third kappa shape index (κ3) is 2.65. The fourth-order valence-electron chi connectivity index (χ4n) is 1.84. The molecule has 0 bridgehead atoms. The molecule has 0 spiro atoms. The fourth-order valence-corrected chi connectivity index (χ4v) is 1.84. The maximum atomic E-state index is 10.8. The van der Waals surface area contributed by atoms with Gasteiger partial charge in [-0.05, 0) is 12.0 Å². The largest absolute Gasteiger partial charge is 0.478 e. The summed E-state index contributed by atoms with van der Waals surface area (Å²) in [6.07, 6.45) is 2.06. The molecule has 0 saturated heterocycles. The van der Waals surface area contributed by atoms with Gasteiger partial charge >= 0.3 is 5.97 Å². The van der Waals surface area contributed by atoms with Crippen LogP contribution < -0.4 is 0 Å². The number of H-pyrrole nitrogens is 1. The van der Waals surface area contributed by atoms with Gasteiger partial charge in [0.05, 0.1) is 11.1 Å². The number of ether oxygens (including phenoxy) is 1. The van der Waals surface area contributed by atoms with Crippen molar-refractivity contribution in [2.75, 3.05) is 13.7 Å². The quantitative estimate of drug-likeness (QED) is 0.838. The lowest BCUT2D eigenvalue weighted by Gasteiger charge is -2.06. The summed E-state index contributed by atoms with van der Waals surface area (Å²) in [6, 6.07) is 1.54. The fraction of sp³-hybridized carbons (Fsp3) is 0.417. The molecule has 0 radical (unpaired) electrons. The van der Waals surface area contributed by atoms with E-state index < -0.39 is 5.97 Å². The summed E-state index contributed by atoms with van der Waals surface area (Å²) < 4.78 is 5.07. The molecule has 1 atom stereocenters. The monoisotopic (exact) mass is 249 g/mol. The number of hydrogen-bond acceptors (Lipinski definition) is 4. The van der Waals surface area contributed by atoms with Gasteiger partial charge in [-0.2, -0.15) is 0 Å². The second kappa shape index (κ2) is 5.14. The van der Waals surface area contributed by atoms with Gasteiger partial charge in [-0.1, -0.05) is 6.92 Å². The first-order valence-corrected chi connectivity index (χ1v) is 5.67. The number of aromatic amines is 1. The minimum Gasteiger partial charge on any atom is -0.478 e. The number of fused-ring (bicyclic) bond motifs is 1. The average Bonchev–Trinajstić information content (AvgIpc) is 2.69. The van der Waals surface area contributed by atoms with Gasteiger partial charge in [0.2, 0.25) is 0 Å². The van der Waals surface area contributed by atoms with Crippen LogP contribution in [-0.4, -0.2) is 39.7 Å². The van der Waals surface area contributed by atoms with Gasteiger partial charge in [-0.3, -0.25) is 0 Å². The molecule has 6 nitrogen and oxygen atoms in total. The predicted octanol–water partition coefficient (Wildman–Crippen LogP) is 1.48. The highest BCUT2D eigenvalue weighted by Gasteiger charge is 2.11. The maximum absolute atomic E-state index is 10.8. The van der Waals surface area contributed by atoms with E-state index >= 15 is 0 Å². The standard InChI is InChI=1S/C12H15N3O3/c1-7(6-18-2)3-10-14-9-4-8(12(16)17)5-13-11(9)15-10/h4-5,7H,3,6H2,1-2H3,(H,16,17)(H,13,14,15). The van der Waals surface area contributed by atoms with Gasteiger partial charge in [0, 0.05) is 26.3 Å². The van der Waals surface area contributed by atoms with E-state index in [1.807, 2.05) is 0 Å². The number of carbonyl (C=O) groups is 1. The molecule has 0 saturated carbocycles. The Kier molecular flexibility index (Phi) is 3.57. The van der Waals surface area contributed by atoms with E-state index in [-0.39, 0.29) is 5.56 Å². The van der Waals surface area contributed by atoms with Crippen molar-refractivity contribution >= 4 is 17.1 Å². The Morgan fingerprint density at radius 3 is 3.06 bits per heavy atom. The zero-order valence-corrected chi connectivity index (χ0v) is 10.3. The smallest absolute Gasteiger partial charge is 0.337 e. The number of nitrogens with one attached hydrogen (secondary N) is 1. The lowest BCUT2D eigenvalue weighted by molar-refractivity contribution is 0.0696. The molecule has 2 rings (SSSR count). The zero-order chi connectivity index (χ0) is 13.1. The Labute approximate surface area is 104 Å². The van der Waals surface area contributed by atoms with Gasteiger partial charge in [0.15, 0.2) is 5.65 Å². The number of carboxylic acids is 1. The van der Waals surface area contributed by atoms with Gasteiger partial charge in [-0.15, -0.1) is 0 Å². The third-order valence-corrected chi connectivity index (χ3v) is 2.63. The molecule has 6 heteroatoms. The van der Waals surface area contributed by atoms with E-state index in [1.54, 1.807) is 13.2 Å². The van der Waals surface area contributed by atoms with Crippen molar-refractivity contribution in [3.63, 3.8) is 0 Å². The van der Waals surface area contributed by atoms with E-state index in [4.69, 9.17) is 9.84 Å². The number of aromatic carboxylic acids is 1. The van der Waals surface area contributed by atoms with Crippen LogP contribution in [-0.2, 0) is 11.2 Å². The molecule has 96 valence electrons. The summed E-state index contributed by atoms with van der Waals surface area (Å²) >= 11 is 0. The number of hydrogen-bond donors (Lipinski definition) is 2. The van der Waals surface area contributed by atoms with Crippen LogP contribution in [0.2, 0.25) is 0 Å². The number of carboxylic acid groups (broad SMARTS) is 1. The van der Waals surface area contributed by atoms with E-state index in [0.717, 1.165) is 12.2 Å². The zero-order valence-electron chi connectivity index (χ0n) is 10.3. The molecule has 0 aliphatic carbocycles. The molecule has 2 aromatic rings. The number of imidazole rings is 1. The van der Waals surface area contributed by atoms with Crippen molar-refractivity contribution in [1.29, 1.82) is 0 Å². The molecule has 0 aliphatic heterocycles. The van der Waals surface area contributed by atoms with Crippen LogP contribution in [0.25, 0.3) is 11.2 Å². The van der Waals surface area contributed by atoms with Crippen molar-refractivity contribution in [1.82, 2.24) is 15.0 Å². The van der Waals surface area contributed by atoms with E-state index in [0.29, 0.717) is 23.7 Å². The SMILES string of the molecule is COCC(C)Cc1nc2ncc(C(=O)O)cc2[nH]1. The van der Waals surface area contributed by atoms with Crippen LogP contribution in [0.5, 0.6) is 0 Å². The number of pyridine rings is 1. The van der Waals surface area contributed by atoms with Gasteiger partial charge < -0.3 is 14.8 Å². The summed E-state index contributed by atoms with van der Waals surface area (Å²) in [4.78, 5) is 22.3. The molecule has 0 amide bonds. The Balaban J connectivity index is 2.24. The molecule has 18 heavy (non-hydrogen) atoms. The lowest BCUT2D eigenvalue weighted by atomic mass is 10.1. The van der Waals surface area contributed by atoms with Crippen LogP contribution in [0.15, 0.2) is 12.3 Å². The topological polar surface area (TPSA) is 88.1 Å². The first-order valence-electron chi connectivity index (χ1n) is 5.67. The van der Waals surface area contributed by atoms with Crippen molar-refractivity contribution in [3.05, 3.63) is 23.7 Å². The Bertz CT molecular complexity index is 565. The van der Waals surface area contributed by atoms with Gasteiger partial charge in [0.1, 0.15) is 5.82 Å². The van der Waals surface area contributed by atoms with Crippen LogP contribution in [0.3, 0.4) is 0 Å². The highest BCUT2D eigenvalue weighted by atomic mass is 16.5. The molecule has 2 heterocycles. The highest BCUT2D eigenvalue weighted by molar-refractivity contribution is 5.90. The highest BCUT2D eigenvalue weighted by Crippen LogP contribution is 2.13. The lowest BCUT2D eigenvalue weighted by Crippen LogP contribution is -2.07. The first kappa shape index (κ1) is 12.5. The minimum atomic E-state index is -0.992. The van der Waals surface area contributed by atoms with Crippen LogP contribution in [0, 0.1) is 5.92 Å². The maximum Gasteiger partial charge on any atom is 0.337 e. The molecule has 0 fully saturated rings. The summed E-state index contributed by atoms with van der Waals surface area (Å²) in [5.41, 5.74) is 1.34. The predicted molar refractivity (Wildman–Crippen MR) is 65.6 cm³/mol. The molecule has 0 aliphatic rings. The van der Waals surface area contributed by atoms with Crippen molar-refractivity contribution in [2.24, 2.45) is 5.92 Å². The Morgan fingerprint density at radius 2 is 2.39 bits per heavy atom. The van der Waals surface area contributed by atoms with E-state index in [9.17, 15) is 4.79 Å². The molecule has 0 aromatic carbocycles. The second-order valence-corrected chi connectivity index (χ2v) is 4.35. The van der Waals surface area contributed by atoms with Crippen LogP contribution in [0.4, 0.5) is 0 Å². The van der Waals surface area contributed by atoms with Crippen LogP contribution >= 0.6 is 0 Å². The van der Waals surface area contributed by atoms with E-state index in [2.05, 4.69) is 21.9 Å². The van der Waals surface area contributed by atoms with Crippen molar-refractivity contribution in [2.45, 2.75) is 13.3 Å². The van der Waals surface area contributed by atoms with Gasteiger partial charge in [0.25, 0.3) is 0 Å². The molecule has 2 aromatic heterocycles. The number of aromatic nitrogens is 3. The second-order valence-electron chi connectivity index (χ2n) is 4.35. The Hall–Kier alpha value is -1.95. The Morgan fingerprint density at radius 1 is 1.61 bits per heavy atom. The number of nitrogens with zero attached hydrogens (tertiary/aromatic N) is 2. The minimum absolute atomic E-state index is 0.155. The molecular formula is C12H15N3O3. The van der Waals surface area contributed by atoms with Gasteiger partial charge in [-0.25, -0.2) is 14.8 Å². The summed E-state index contributed by atoms with van der Waals surface area (Å²) in [6.45, 7) is 2.72. The molecular weight excluding hydrogens is 234 g/mol. The third-order valence-electron chi connectivity index (χ3n) is 2.63. The molecule has 1 unspecified atom stereocenters. The molecule has 2 N–H and O–H groups in total. The number of methoxy groups -OCH3 is 1. The normalized spacial score (nSPS) is 12.8. The van der Waals surface area contributed by atoms with Crippen LogP contribution in [0.1, 0.15) is 23.1 Å². The summed E-state index contributed by atoms with van der Waals surface area (Å²) in [7, 11) is 1.66. The first-order chi connectivity index (χ1) is 8.60.